The van der Waals surface area contributed by atoms with E-state index >= 15 is 0 Å². The van der Waals surface area contributed by atoms with Gasteiger partial charge in [0.05, 0.1) is 0 Å². The van der Waals surface area contributed by atoms with Crippen LogP contribution in [0.5, 0.6) is 0 Å². The molecule has 0 rings (SSSR count). The fraction of sp³-hybridized carbons (Fsp3) is 1.00. The molecule has 0 N–H and O–H groups in total. The van der Waals surface area contributed by atoms with Crippen LogP contribution in [0, 0.1) is 5.92 Å². The maximum atomic E-state index is 8.25. The molecule has 0 bridgehead atoms. The Morgan fingerprint density at radius 3 is 1.17 bits per heavy atom. The second kappa shape index (κ2) is 9.10. The SMILES string of the molecule is CC(C)C.[O]=[Ti]. The van der Waals surface area contributed by atoms with Crippen molar-refractivity contribution >= 4 is 0 Å². The van der Waals surface area contributed by atoms with Crippen LogP contribution in [0.3, 0.4) is 0 Å². The summed E-state index contributed by atoms with van der Waals surface area (Å²) in [7, 11) is 0. The van der Waals surface area contributed by atoms with E-state index in [1.165, 1.54) is 0 Å². The standard InChI is InChI=1S/C4H10.O.Ti/c1-4(2)3;;/h4H,1-3H3;;. The van der Waals surface area contributed by atoms with E-state index in [2.05, 4.69) is 20.8 Å². The molecule has 0 saturated carbocycles. The summed E-state index contributed by atoms with van der Waals surface area (Å²) >= 11 is 0.750. The van der Waals surface area contributed by atoms with Crippen LogP contribution in [0.4, 0.5) is 0 Å². The van der Waals surface area contributed by atoms with Gasteiger partial charge in [0.1, 0.15) is 0 Å². The molecule has 0 unspecified atom stereocenters. The molecule has 0 amide bonds. The number of hydrogen-bond acceptors (Lipinski definition) is 1. The second-order valence-corrected chi connectivity index (χ2v) is 1.73. The van der Waals surface area contributed by atoms with E-state index in [-0.39, 0.29) is 0 Å². The quantitative estimate of drug-likeness (QED) is 0.445. The van der Waals surface area contributed by atoms with Crippen LogP contribution in [0.1, 0.15) is 20.8 Å². The molecule has 0 heterocycles. The fourth-order valence-electron chi connectivity index (χ4n) is 0. The molecule has 1 nitrogen and oxygen atoms in total. The summed E-state index contributed by atoms with van der Waals surface area (Å²) in [5.74, 6) is 0.833. The van der Waals surface area contributed by atoms with Crippen LogP contribution >= 0.6 is 0 Å². The van der Waals surface area contributed by atoms with Crippen molar-refractivity contribution in [3.05, 3.63) is 0 Å². The van der Waals surface area contributed by atoms with Crippen LogP contribution in [-0.2, 0) is 23.7 Å². The number of hydrogen-bond donors (Lipinski definition) is 0. The Hall–Kier alpha value is 0.514. The van der Waals surface area contributed by atoms with Crippen LogP contribution in [0.15, 0.2) is 0 Å². The van der Waals surface area contributed by atoms with E-state index in [0.29, 0.717) is 0 Å². The van der Waals surface area contributed by atoms with E-state index in [1.54, 1.807) is 0 Å². The molecule has 0 aliphatic heterocycles. The topological polar surface area (TPSA) is 17.1 Å². The first kappa shape index (κ1) is 9.72. The molecule has 0 aromatic carbocycles. The third-order valence-electron chi connectivity index (χ3n) is 0. The van der Waals surface area contributed by atoms with Crippen molar-refractivity contribution in [1.29, 1.82) is 0 Å². The molecule has 0 saturated heterocycles. The second-order valence-electron chi connectivity index (χ2n) is 1.73. The monoisotopic (exact) mass is 122 g/mol. The van der Waals surface area contributed by atoms with Crippen molar-refractivity contribution in [3.63, 3.8) is 0 Å². The maximum absolute atomic E-state index is 8.25. The number of rotatable bonds is 0. The molecule has 2 heteroatoms. The molecule has 6 heavy (non-hydrogen) atoms. The normalized spacial score (nSPS) is 6.50. The van der Waals surface area contributed by atoms with Gasteiger partial charge in [-0.2, -0.15) is 0 Å². The summed E-state index contributed by atoms with van der Waals surface area (Å²) in [4.78, 5) is 0. The van der Waals surface area contributed by atoms with Crippen molar-refractivity contribution in [1.82, 2.24) is 0 Å². The van der Waals surface area contributed by atoms with Crippen molar-refractivity contribution in [3.8, 4) is 0 Å². The van der Waals surface area contributed by atoms with Crippen molar-refractivity contribution in [2.45, 2.75) is 20.8 Å². The van der Waals surface area contributed by atoms with E-state index < -0.39 is 0 Å². The zero-order chi connectivity index (χ0) is 5.58. The average molecular weight is 122 g/mol. The van der Waals surface area contributed by atoms with Crippen molar-refractivity contribution in [2.75, 3.05) is 0 Å². The third kappa shape index (κ3) is 211. The zero-order valence-electron chi connectivity index (χ0n) is 4.49. The minimum absolute atomic E-state index is 0.750. The van der Waals surface area contributed by atoms with Gasteiger partial charge in [0, 0.05) is 0 Å². The van der Waals surface area contributed by atoms with Crippen LogP contribution in [-0.4, -0.2) is 0 Å². The summed E-state index contributed by atoms with van der Waals surface area (Å²) in [6.07, 6.45) is 0. The molecule has 0 aromatic rings. The Kier molecular flexibility index (Phi) is 14.7. The van der Waals surface area contributed by atoms with Gasteiger partial charge in [0.15, 0.2) is 0 Å². The molecule has 36 valence electrons. The predicted octanol–water partition coefficient (Wildman–Crippen LogP) is 1.54. The van der Waals surface area contributed by atoms with Gasteiger partial charge in [-0.25, -0.2) is 0 Å². The van der Waals surface area contributed by atoms with Crippen molar-refractivity contribution in [2.24, 2.45) is 5.92 Å². The predicted molar refractivity (Wildman–Crippen MR) is 21.2 cm³/mol. The summed E-state index contributed by atoms with van der Waals surface area (Å²) in [6.45, 7) is 6.50. The Bertz CT molecular complexity index is 18.8. The van der Waals surface area contributed by atoms with Gasteiger partial charge in [-0.1, -0.05) is 20.8 Å². The summed E-state index contributed by atoms with van der Waals surface area (Å²) in [6, 6.07) is 0. The summed E-state index contributed by atoms with van der Waals surface area (Å²) in [5, 5.41) is 0. The Labute approximate surface area is 50.9 Å². The van der Waals surface area contributed by atoms with E-state index in [4.69, 9.17) is 3.32 Å². The summed E-state index contributed by atoms with van der Waals surface area (Å²) < 4.78 is 8.25. The molecule has 0 aliphatic carbocycles. The molecule has 0 atom stereocenters. The first-order valence-corrected chi connectivity index (χ1v) is 2.57. The zero-order valence-corrected chi connectivity index (χ0v) is 6.05. The molecule has 0 aromatic heterocycles. The van der Waals surface area contributed by atoms with E-state index in [9.17, 15) is 0 Å². The Morgan fingerprint density at radius 2 is 1.17 bits per heavy atom. The van der Waals surface area contributed by atoms with Crippen LogP contribution < -0.4 is 0 Å². The molecule has 0 radical (unpaired) electrons. The molecular weight excluding hydrogens is 112 g/mol. The first-order chi connectivity index (χ1) is 2.73. The first-order valence-electron chi connectivity index (χ1n) is 1.94. The van der Waals surface area contributed by atoms with Gasteiger partial charge in [-0.05, 0) is 5.92 Å². The van der Waals surface area contributed by atoms with Crippen molar-refractivity contribution < 1.29 is 23.7 Å². The van der Waals surface area contributed by atoms with Gasteiger partial charge in [0.25, 0.3) is 0 Å². The van der Waals surface area contributed by atoms with Gasteiger partial charge in [-0.15, -0.1) is 0 Å². The fourth-order valence-corrected chi connectivity index (χ4v) is 0. The van der Waals surface area contributed by atoms with Gasteiger partial charge >= 0.3 is 23.7 Å². The molecule has 0 fully saturated rings. The Balaban J connectivity index is 0. The minimum atomic E-state index is 0.750. The van der Waals surface area contributed by atoms with Gasteiger partial charge in [-0.3, -0.25) is 0 Å². The molecular formula is C4H10OTi. The van der Waals surface area contributed by atoms with Crippen LogP contribution in [0.25, 0.3) is 0 Å². The van der Waals surface area contributed by atoms with Crippen LogP contribution in [0.2, 0.25) is 0 Å². The third-order valence-corrected chi connectivity index (χ3v) is 0. The Morgan fingerprint density at radius 1 is 1.17 bits per heavy atom. The average Bonchev–Trinajstić information content (AvgIpc) is 1.41. The molecule has 0 spiro atoms. The van der Waals surface area contributed by atoms with E-state index in [1.807, 2.05) is 0 Å². The summed E-state index contributed by atoms with van der Waals surface area (Å²) in [5.41, 5.74) is 0. The van der Waals surface area contributed by atoms with Gasteiger partial charge in [0.2, 0.25) is 0 Å². The molecule has 0 aliphatic rings. The van der Waals surface area contributed by atoms with E-state index in [0.717, 1.165) is 26.3 Å². The van der Waals surface area contributed by atoms with Gasteiger partial charge < -0.3 is 0 Å².